The molecule has 2 N–H and O–H groups in total. The topological polar surface area (TPSA) is 44.5 Å². The van der Waals surface area contributed by atoms with Crippen LogP contribution in [0.2, 0.25) is 0 Å². The van der Waals surface area contributed by atoms with E-state index in [1.807, 2.05) is 38.1 Å². The van der Waals surface area contributed by atoms with Crippen molar-refractivity contribution in [2.24, 2.45) is 5.73 Å². The fourth-order valence-electron chi connectivity index (χ4n) is 1.06. The van der Waals surface area contributed by atoms with Gasteiger partial charge in [-0.3, -0.25) is 0 Å². The number of hydrogen-bond acceptors (Lipinski definition) is 3. The Labute approximate surface area is 84.8 Å². The predicted octanol–water partition coefficient (Wildman–Crippen LogP) is 1.81. The van der Waals surface area contributed by atoms with Crippen molar-refractivity contribution in [3.8, 4) is 11.5 Å². The Morgan fingerprint density at radius 2 is 1.79 bits per heavy atom. The summed E-state index contributed by atoms with van der Waals surface area (Å²) in [6.45, 7) is 5.10. The van der Waals surface area contributed by atoms with E-state index < -0.39 is 0 Å². The second kappa shape index (κ2) is 5.50. The highest BCUT2D eigenvalue weighted by Crippen LogP contribution is 2.18. The molecule has 1 aromatic carbocycles. The van der Waals surface area contributed by atoms with Crippen molar-refractivity contribution < 1.29 is 9.47 Å². The first-order valence-corrected chi connectivity index (χ1v) is 4.85. The van der Waals surface area contributed by atoms with Gasteiger partial charge in [0.05, 0.1) is 6.61 Å². The zero-order chi connectivity index (χ0) is 10.4. The number of hydrogen-bond donors (Lipinski definition) is 1. The average Bonchev–Trinajstić information content (AvgIpc) is 2.21. The molecular weight excluding hydrogens is 178 g/mol. The summed E-state index contributed by atoms with van der Waals surface area (Å²) < 4.78 is 10.8. The van der Waals surface area contributed by atoms with Crippen LogP contribution in [0.15, 0.2) is 24.3 Å². The van der Waals surface area contributed by atoms with Crippen LogP contribution in [-0.2, 0) is 0 Å². The third kappa shape index (κ3) is 3.26. The van der Waals surface area contributed by atoms with Crippen LogP contribution in [0.3, 0.4) is 0 Å². The molecule has 0 spiro atoms. The summed E-state index contributed by atoms with van der Waals surface area (Å²) >= 11 is 0. The van der Waals surface area contributed by atoms with Crippen LogP contribution in [0.1, 0.15) is 13.8 Å². The SMILES string of the molecule is CCOc1ccc(OC(C)CN)cc1. The molecule has 0 saturated carbocycles. The van der Waals surface area contributed by atoms with Gasteiger partial charge in [0.1, 0.15) is 17.6 Å². The lowest BCUT2D eigenvalue weighted by molar-refractivity contribution is 0.229. The molecule has 3 nitrogen and oxygen atoms in total. The Morgan fingerprint density at radius 1 is 1.21 bits per heavy atom. The summed E-state index contributed by atoms with van der Waals surface area (Å²) in [5.41, 5.74) is 5.45. The summed E-state index contributed by atoms with van der Waals surface area (Å²) in [5.74, 6) is 1.69. The smallest absolute Gasteiger partial charge is 0.120 e. The van der Waals surface area contributed by atoms with E-state index >= 15 is 0 Å². The van der Waals surface area contributed by atoms with Crippen molar-refractivity contribution in [1.29, 1.82) is 0 Å². The molecule has 0 fully saturated rings. The van der Waals surface area contributed by atoms with E-state index in [-0.39, 0.29) is 6.10 Å². The summed E-state index contributed by atoms with van der Waals surface area (Å²) in [6.07, 6.45) is 0.0490. The minimum atomic E-state index is 0.0490. The van der Waals surface area contributed by atoms with Gasteiger partial charge < -0.3 is 15.2 Å². The molecule has 1 atom stereocenters. The minimum Gasteiger partial charge on any atom is -0.494 e. The number of ether oxygens (including phenoxy) is 2. The molecule has 0 saturated heterocycles. The zero-order valence-electron chi connectivity index (χ0n) is 8.69. The van der Waals surface area contributed by atoms with Crippen molar-refractivity contribution >= 4 is 0 Å². The molecule has 1 rings (SSSR count). The van der Waals surface area contributed by atoms with Crippen LogP contribution in [0, 0.1) is 0 Å². The van der Waals surface area contributed by atoms with Gasteiger partial charge in [0.2, 0.25) is 0 Å². The van der Waals surface area contributed by atoms with Crippen LogP contribution in [0.5, 0.6) is 11.5 Å². The number of benzene rings is 1. The molecule has 0 aliphatic carbocycles. The van der Waals surface area contributed by atoms with Gasteiger partial charge >= 0.3 is 0 Å². The Balaban J connectivity index is 2.54. The summed E-state index contributed by atoms with van der Waals surface area (Å²) in [4.78, 5) is 0. The lowest BCUT2D eigenvalue weighted by Gasteiger charge is -2.12. The van der Waals surface area contributed by atoms with Gasteiger partial charge in [-0.25, -0.2) is 0 Å². The zero-order valence-corrected chi connectivity index (χ0v) is 8.69. The number of nitrogens with two attached hydrogens (primary N) is 1. The van der Waals surface area contributed by atoms with Gasteiger partial charge in [0.25, 0.3) is 0 Å². The van der Waals surface area contributed by atoms with Gasteiger partial charge in [0, 0.05) is 6.54 Å². The summed E-state index contributed by atoms with van der Waals surface area (Å²) in [6, 6.07) is 7.55. The maximum atomic E-state index is 5.52. The van der Waals surface area contributed by atoms with E-state index in [1.165, 1.54) is 0 Å². The van der Waals surface area contributed by atoms with Gasteiger partial charge in [-0.2, -0.15) is 0 Å². The first-order chi connectivity index (χ1) is 6.76. The van der Waals surface area contributed by atoms with Gasteiger partial charge in [0.15, 0.2) is 0 Å². The van der Waals surface area contributed by atoms with Gasteiger partial charge in [-0.05, 0) is 38.1 Å². The molecule has 0 bridgehead atoms. The first-order valence-electron chi connectivity index (χ1n) is 4.85. The highest BCUT2D eigenvalue weighted by atomic mass is 16.5. The summed E-state index contributed by atoms with van der Waals surface area (Å²) in [5, 5.41) is 0. The standard InChI is InChI=1S/C11H17NO2/c1-3-13-10-4-6-11(7-5-10)14-9(2)8-12/h4-7,9H,3,8,12H2,1-2H3. The van der Waals surface area contributed by atoms with Gasteiger partial charge in [-0.1, -0.05) is 0 Å². The van der Waals surface area contributed by atoms with Crippen molar-refractivity contribution in [3.63, 3.8) is 0 Å². The lowest BCUT2D eigenvalue weighted by atomic mass is 10.3. The first kappa shape index (κ1) is 10.9. The minimum absolute atomic E-state index is 0.0490. The van der Waals surface area contributed by atoms with E-state index in [0.717, 1.165) is 11.5 Å². The Bertz CT molecular complexity index is 258. The molecule has 0 aromatic heterocycles. The lowest BCUT2D eigenvalue weighted by Crippen LogP contribution is -2.22. The van der Waals surface area contributed by atoms with E-state index in [1.54, 1.807) is 0 Å². The maximum absolute atomic E-state index is 5.52. The van der Waals surface area contributed by atoms with Crippen LogP contribution in [0.4, 0.5) is 0 Å². The molecular formula is C11H17NO2. The van der Waals surface area contributed by atoms with E-state index in [2.05, 4.69) is 0 Å². The third-order valence-electron chi connectivity index (χ3n) is 1.80. The molecule has 3 heteroatoms. The van der Waals surface area contributed by atoms with Crippen molar-refractivity contribution in [2.75, 3.05) is 13.2 Å². The molecule has 78 valence electrons. The second-order valence-corrected chi connectivity index (χ2v) is 3.07. The Hall–Kier alpha value is -1.22. The van der Waals surface area contributed by atoms with E-state index in [4.69, 9.17) is 15.2 Å². The molecule has 14 heavy (non-hydrogen) atoms. The molecule has 0 aliphatic heterocycles. The Kier molecular flexibility index (Phi) is 4.26. The van der Waals surface area contributed by atoms with Crippen LogP contribution in [-0.4, -0.2) is 19.3 Å². The fourth-order valence-corrected chi connectivity index (χ4v) is 1.06. The predicted molar refractivity (Wildman–Crippen MR) is 56.8 cm³/mol. The summed E-state index contributed by atoms with van der Waals surface area (Å²) in [7, 11) is 0. The molecule has 1 unspecified atom stereocenters. The van der Waals surface area contributed by atoms with Gasteiger partial charge in [-0.15, -0.1) is 0 Å². The van der Waals surface area contributed by atoms with Crippen molar-refractivity contribution in [3.05, 3.63) is 24.3 Å². The molecule has 0 heterocycles. The third-order valence-corrected chi connectivity index (χ3v) is 1.80. The largest absolute Gasteiger partial charge is 0.494 e. The molecule has 0 amide bonds. The highest BCUT2D eigenvalue weighted by molar-refractivity contribution is 5.31. The molecule has 0 aliphatic rings. The van der Waals surface area contributed by atoms with Crippen LogP contribution < -0.4 is 15.2 Å². The molecule has 0 radical (unpaired) electrons. The van der Waals surface area contributed by atoms with Crippen LogP contribution in [0.25, 0.3) is 0 Å². The second-order valence-electron chi connectivity index (χ2n) is 3.07. The van der Waals surface area contributed by atoms with Crippen LogP contribution >= 0.6 is 0 Å². The number of rotatable bonds is 5. The highest BCUT2D eigenvalue weighted by Gasteiger charge is 2.00. The Morgan fingerprint density at radius 3 is 2.29 bits per heavy atom. The van der Waals surface area contributed by atoms with E-state index in [9.17, 15) is 0 Å². The average molecular weight is 195 g/mol. The van der Waals surface area contributed by atoms with E-state index in [0.29, 0.717) is 13.2 Å². The quantitative estimate of drug-likeness (QED) is 0.779. The fraction of sp³-hybridized carbons (Fsp3) is 0.455. The van der Waals surface area contributed by atoms with Crippen molar-refractivity contribution in [1.82, 2.24) is 0 Å². The maximum Gasteiger partial charge on any atom is 0.120 e. The monoisotopic (exact) mass is 195 g/mol. The normalized spacial score (nSPS) is 12.2. The van der Waals surface area contributed by atoms with Crippen molar-refractivity contribution in [2.45, 2.75) is 20.0 Å². The molecule has 1 aromatic rings.